The summed E-state index contributed by atoms with van der Waals surface area (Å²) in [7, 11) is 1.57. The van der Waals surface area contributed by atoms with Gasteiger partial charge in [-0.15, -0.1) is 0 Å². The van der Waals surface area contributed by atoms with Gasteiger partial charge in [0.25, 0.3) is 5.69 Å². The molecule has 0 aromatic heterocycles. The molecule has 2 atom stereocenters. The Hall–Kier alpha value is -3.58. The van der Waals surface area contributed by atoms with E-state index in [1.807, 2.05) is 41.4 Å². The first-order chi connectivity index (χ1) is 15.0. The highest BCUT2D eigenvalue weighted by Gasteiger charge is 2.42. The minimum absolute atomic E-state index is 0.0239. The average molecular weight is 436 g/mol. The van der Waals surface area contributed by atoms with Gasteiger partial charge in [0.15, 0.2) is 11.5 Å². The highest BCUT2D eigenvalue weighted by molar-refractivity contribution is 6.30. The molecule has 2 heterocycles. The van der Waals surface area contributed by atoms with Crippen molar-refractivity contribution >= 4 is 23.0 Å². The second kappa shape index (κ2) is 7.59. The second-order valence-electron chi connectivity index (χ2n) is 7.36. The minimum Gasteiger partial charge on any atom is -0.493 e. The molecule has 0 radical (unpaired) electrons. The number of hydrogen-bond donors (Lipinski definition) is 0. The van der Waals surface area contributed by atoms with Crippen molar-refractivity contribution in [1.29, 1.82) is 0 Å². The third-order valence-electron chi connectivity index (χ3n) is 5.54. The number of fused-ring (bicyclic) bond motifs is 3. The van der Waals surface area contributed by atoms with Crippen LogP contribution in [0.1, 0.15) is 35.4 Å². The molecule has 0 amide bonds. The summed E-state index contributed by atoms with van der Waals surface area (Å²) in [4.78, 5) is 10.6. The number of hydrazone groups is 1. The summed E-state index contributed by atoms with van der Waals surface area (Å²) in [5, 5.41) is 18.4. The molecular weight excluding hydrogens is 418 g/mol. The van der Waals surface area contributed by atoms with Crippen LogP contribution in [-0.4, -0.2) is 22.8 Å². The fourth-order valence-electron chi connectivity index (χ4n) is 4.06. The molecule has 0 spiro atoms. The summed E-state index contributed by atoms with van der Waals surface area (Å²) in [5.41, 5.74) is 3.66. The van der Waals surface area contributed by atoms with E-state index in [2.05, 4.69) is 0 Å². The maximum atomic E-state index is 11.1. The summed E-state index contributed by atoms with van der Waals surface area (Å²) in [6, 6.07) is 19.8. The van der Waals surface area contributed by atoms with Crippen molar-refractivity contribution in [1.82, 2.24) is 5.01 Å². The van der Waals surface area contributed by atoms with Gasteiger partial charge < -0.3 is 9.47 Å². The van der Waals surface area contributed by atoms with Gasteiger partial charge in [-0.25, -0.2) is 5.01 Å². The van der Waals surface area contributed by atoms with Crippen LogP contribution >= 0.6 is 11.6 Å². The lowest BCUT2D eigenvalue weighted by Gasteiger charge is -2.38. The van der Waals surface area contributed by atoms with Crippen molar-refractivity contribution in [3.8, 4) is 11.5 Å². The van der Waals surface area contributed by atoms with Crippen LogP contribution in [-0.2, 0) is 0 Å². The Morgan fingerprint density at radius 2 is 1.90 bits per heavy atom. The van der Waals surface area contributed by atoms with Crippen molar-refractivity contribution in [2.45, 2.75) is 18.7 Å². The lowest BCUT2D eigenvalue weighted by atomic mass is 9.95. The number of methoxy groups -OCH3 is 1. The standard InChI is InChI=1S/C23H18ClN3O4/c1-30-21-12-16(24)11-18-20-13-19(14-5-3-2-4-6-14)25-26(20)23(31-22(18)21)15-7-9-17(10-8-15)27(28)29/h2-12,20,23H,13H2,1H3/t20-,23+/m1/s1. The fraction of sp³-hybridized carbons (Fsp3) is 0.174. The largest absolute Gasteiger partial charge is 0.493 e. The molecule has 8 heteroatoms. The highest BCUT2D eigenvalue weighted by Crippen LogP contribution is 2.51. The van der Waals surface area contributed by atoms with Crippen LogP contribution in [0.3, 0.4) is 0 Å². The molecule has 0 bridgehead atoms. The Morgan fingerprint density at radius 3 is 2.58 bits per heavy atom. The van der Waals surface area contributed by atoms with E-state index in [9.17, 15) is 10.1 Å². The third-order valence-corrected chi connectivity index (χ3v) is 5.75. The maximum Gasteiger partial charge on any atom is 0.269 e. The Balaban J connectivity index is 1.62. The SMILES string of the molecule is COc1cc(Cl)cc2c1O[C@@H](c1ccc([N+](=O)[O-])cc1)N1N=C(c3ccccc3)C[C@H]21. The van der Waals surface area contributed by atoms with Crippen LogP contribution in [0.15, 0.2) is 71.8 Å². The second-order valence-corrected chi connectivity index (χ2v) is 7.79. The highest BCUT2D eigenvalue weighted by atomic mass is 35.5. The number of halogens is 1. The normalized spacial score (nSPS) is 19.2. The van der Waals surface area contributed by atoms with Crippen LogP contribution < -0.4 is 9.47 Å². The monoisotopic (exact) mass is 435 g/mol. The Morgan fingerprint density at radius 1 is 1.16 bits per heavy atom. The van der Waals surface area contributed by atoms with Crippen molar-refractivity contribution in [3.05, 3.63) is 98.6 Å². The third kappa shape index (κ3) is 3.37. The van der Waals surface area contributed by atoms with E-state index in [0.29, 0.717) is 22.9 Å². The predicted octanol–water partition coefficient (Wildman–Crippen LogP) is 5.50. The van der Waals surface area contributed by atoms with Crippen molar-refractivity contribution in [2.75, 3.05) is 7.11 Å². The number of nitro groups is 1. The van der Waals surface area contributed by atoms with Gasteiger partial charge in [0, 0.05) is 40.8 Å². The zero-order valence-electron chi connectivity index (χ0n) is 16.6. The molecule has 0 saturated heterocycles. The first kappa shape index (κ1) is 19.4. The molecule has 3 aromatic rings. The zero-order valence-corrected chi connectivity index (χ0v) is 17.3. The van der Waals surface area contributed by atoms with Crippen LogP contribution in [0.5, 0.6) is 11.5 Å². The van der Waals surface area contributed by atoms with Gasteiger partial charge in [-0.2, -0.15) is 5.10 Å². The molecule has 0 fully saturated rings. The van der Waals surface area contributed by atoms with Crippen LogP contribution in [0.2, 0.25) is 5.02 Å². The number of rotatable bonds is 4. The van der Waals surface area contributed by atoms with Gasteiger partial charge in [0.1, 0.15) is 0 Å². The van der Waals surface area contributed by atoms with Gasteiger partial charge in [-0.1, -0.05) is 41.9 Å². The minimum atomic E-state index is -0.561. The molecule has 2 aliphatic rings. The number of nitrogens with zero attached hydrogens (tertiary/aromatic N) is 3. The van der Waals surface area contributed by atoms with E-state index in [1.54, 1.807) is 25.3 Å². The molecule has 156 valence electrons. The lowest BCUT2D eigenvalue weighted by Crippen LogP contribution is -2.33. The van der Waals surface area contributed by atoms with Gasteiger partial charge in [-0.05, 0) is 23.8 Å². The number of benzene rings is 3. The van der Waals surface area contributed by atoms with Gasteiger partial charge in [0.2, 0.25) is 6.23 Å². The summed E-state index contributed by atoms with van der Waals surface area (Å²) in [5.74, 6) is 1.16. The van der Waals surface area contributed by atoms with E-state index >= 15 is 0 Å². The summed E-state index contributed by atoms with van der Waals surface area (Å²) < 4.78 is 11.9. The summed E-state index contributed by atoms with van der Waals surface area (Å²) >= 11 is 6.35. The molecule has 2 aliphatic heterocycles. The van der Waals surface area contributed by atoms with Crippen LogP contribution in [0, 0.1) is 10.1 Å². The average Bonchev–Trinajstić information content (AvgIpc) is 3.24. The van der Waals surface area contributed by atoms with E-state index < -0.39 is 11.2 Å². The molecule has 0 aliphatic carbocycles. The molecule has 0 unspecified atom stereocenters. The smallest absolute Gasteiger partial charge is 0.269 e. The molecule has 5 rings (SSSR count). The summed E-state index contributed by atoms with van der Waals surface area (Å²) in [6.07, 6.45) is 0.113. The number of ether oxygens (including phenoxy) is 2. The van der Waals surface area contributed by atoms with E-state index in [4.69, 9.17) is 26.2 Å². The van der Waals surface area contributed by atoms with Crippen molar-refractivity contribution in [3.63, 3.8) is 0 Å². The Bertz CT molecular complexity index is 1180. The topological polar surface area (TPSA) is 77.2 Å². The Labute approximate surface area is 183 Å². The Kier molecular flexibility index (Phi) is 4.75. The van der Waals surface area contributed by atoms with E-state index in [1.165, 1.54) is 12.1 Å². The predicted molar refractivity (Wildman–Crippen MR) is 117 cm³/mol. The molecule has 3 aromatic carbocycles. The van der Waals surface area contributed by atoms with Gasteiger partial charge >= 0.3 is 0 Å². The maximum absolute atomic E-state index is 11.1. The quantitative estimate of drug-likeness (QED) is 0.399. The first-order valence-corrected chi connectivity index (χ1v) is 10.1. The zero-order chi connectivity index (χ0) is 21.5. The molecule has 31 heavy (non-hydrogen) atoms. The number of nitro benzene ring substituents is 1. The van der Waals surface area contributed by atoms with Crippen molar-refractivity contribution in [2.24, 2.45) is 5.10 Å². The number of hydrogen-bond acceptors (Lipinski definition) is 6. The van der Waals surface area contributed by atoms with E-state index in [0.717, 1.165) is 22.4 Å². The fourth-order valence-corrected chi connectivity index (χ4v) is 4.28. The summed E-state index contributed by atoms with van der Waals surface area (Å²) in [6.45, 7) is 0. The van der Waals surface area contributed by atoms with E-state index in [-0.39, 0.29) is 11.7 Å². The van der Waals surface area contributed by atoms with Gasteiger partial charge in [0.05, 0.1) is 23.8 Å². The molecular formula is C23H18ClN3O4. The van der Waals surface area contributed by atoms with Crippen LogP contribution in [0.4, 0.5) is 5.69 Å². The van der Waals surface area contributed by atoms with Crippen LogP contribution in [0.25, 0.3) is 0 Å². The molecule has 7 nitrogen and oxygen atoms in total. The van der Waals surface area contributed by atoms with Gasteiger partial charge in [-0.3, -0.25) is 10.1 Å². The lowest BCUT2D eigenvalue weighted by molar-refractivity contribution is -0.384. The first-order valence-electron chi connectivity index (χ1n) is 9.75. The number of non-ortho nitro benzene ring substituents is 1. The molecule has 0 saturated carbocycles. The molecule has 0 N–H and O–H groups in total. The van der Waals surface area contributed by atoms with Crippen molar-refractivity contribution < 1.29 is 14.4 Å².